The second kappa shape index (κ2) is 23.6. The quantitative estimate of drug-likeness (QED) is 0.144. The Morgan fingerprint density at radius 2 is 0.761 bits per heavy atom. The fourth-order valence-corrected chi connectivity index (χ4v) is 20.4. The van der Waals surface area contributed by atoms with Gasteiger partial charge in [0, 0.05) is 82.2 Å². The molecule has 0 fully saturated rings. The summed E-state index contributed by atoms with van der Waals surface area (Å²) >= 11 is 0. The van der Waals surface area contributed by atoms with E-state index in [1.54, 1.807) is 11.1 Å². The largest absolute Gasteiger partial charge is 0.330 e. The van der Waals surface area contributed by atoms with Crippen LogP contribution in [-0.4, -0.2) is 23.7 Å². The lowest BCUT2D eigenvalue weighted by atomic mass is 9.78. The Kier molecular flexibility index (Phi) is 13.8. The van der Waals surface area contributed by atoms with E-state index < -0.39 is 0 Å². The molecule has 1 atom stereocenters. The maximum Gasteiger partial charge on any atom is 0.160 e. The lowest BCUT2D eigenvalue weighted by molar-refractivity contribution is 0.607. The van der Waals surface area contributed by atoms with Gasteiger partial charge in [-0.3, -0.25) is 0 Å². The van der Waals surface area contributed by atoms with Crippen LogP contribution in [0.2, 0.25) is 0 Å². The van der Waals surface area contributed by atoms with Crippen molar-refractivity contribution in [3.8, 4) is 78.4 Å². The molecule has 0 spiro atoms. The van der Waals surface area contributed by atoms with Crippen LogP contribution < -0.4 is 0 Å². The molecule has 109 heavy (non-hydrogen) atoms. The van der Waals surface area contributed by atoms with E-state index in [1.165, 1.54) is 132 Å². The molecule has 0 bridgehead atoms. The monoisotopic (exact) mass is 1400 g/mol. The van der Waals surface area contributed by atoms with Crippen LogP contribution in [0.15, 0.2) is 327 Å². The number of nitrogens with zero attached hydrogens (tertiary/aromatic N) is 5. The van der Waals surface area contributed by atoms with Gasteiger partial charge in [-0.1, -0.05) is 277 Å². The molecule has 520 valence electrons. The lowest BCUT2D eigenvalue weighted by Crippen LogP contribution is -2.17. The summed E-state index contributed by atoms with van der Waals surface area (Å²) in [5.41, 5.74) is 37.8. The number of hydrogen-bond acceptors (Lipinski definition) is 2. The number of rotatable bonds is 9. The second-order valence-corrected chi connectivity index (χ2v) is 32.5. The highest BCUT2D eigenvalue weighted by Gasteiger charge is 2.40. The Bertz CT molecular complexity index is 6940. The summed E-state index contributed by atoms with van der Waals surface area (Å²) in [6.45, 7) is 14.4. The Labute approximate surface area is 635 Å². The summed E-state index contributed by atoms with van der Waals surface area (Å²) in [7, 11) is 0. The van der Waals surface area contributed by atoms with Crippen LogP contribution in [-0.2, 0) is 16.2 Å². The van der Waals surface area contributed by atoms with Gasteiger partial charge in [0.05, 0.1) is 45.0 Å². The molecule has 0 amide bonds. The molecule has 0 saturated heterocycles. The molecular weight excluding hydrogens is 1320 g/mol. The van der Waals surface area contributed by atoms with Crippen LogP contribution in [0.5, 0.6) is 0 Å². The Balaban J connectivity index is 0.705. The summed E-state index contributed by atoms with van der Waals surface area (Å²) in [6, 6.07) is 98.1. The maximum atomic E-state index is 5.76. The van der Waals surface area contributed by atoms with Gasteiger partial charge in [0.15, 0.2) is 5.82 Å². The van der Waals surface area contributed by atoms with Crippen molar-refractivity contribution in [3.05, 3.63) is 366 Å². The number of hydrogen-bond donors (Lipinski definition) is 0. The maximum absolute atomic E-state index is 5.76. The number of aromatic nitrogens is 5. The highest BCUT2D eigenvalue weighted by molar-refractivity contribution is 6.18. The standard InChI is InChI=1S/C104H79N5/c1-102(2)84-41-15-9-32-75(84)81-59-63(50-53-87(81)102)72-38-23-47-95-98(72)78-35-12-18-44-92(78)107(95)69-29-8-7-26-68(58-69)101-105-90(66-27-21-30-70(56-66)108-93-45-19-13-36-79(93)99-73(39-24-48-96(99)108)64-51-54-88-82(60-64)76-33-10-16-42-85(76)103(88,3)4)62-91(106-101)67-28-22-31-71(57-67)109-94-46-20-14-37-80(94)100-74(40-25-49-97(100)109)65-52-55-89-83(61-65)77-34-11-17-43-86(77)104(89,5)6/h7-14,16,18-40,42,44-62,69H,15,17,41,43H2,1-6H3. The van der Waals surface area contributed by atoms with E-state index in [4.69, 9.17) is 9.97 Å². The second-order valence-electron chi connectivity index (χ2n) is 32.5. The normalized spacial score (nSPS) is 16.9. The number of fused-ring (bicyclic) bond motifs is 16. The molecule has 6 aliphatic carbocycles. The fourth-order valence-electron chi connectivity index (χ4n) is 20.4. The van der Waals surface area contributed by atoms with E-state index >= 15 is 0 Å². The van der Waals surface area contributed by atoms with Gasteiger partial charge >= 0.3 is 0 Å². The van der Waals surface area contributed by atoms with Crippen molar-refractivity contribution in [2.75, 3.05) is 0 Å². The van der Waals surface area contributed by atoms with Crippen LogP contribution in [0, 0.1) is 0 Å². The summed E-state index contributed by atoms with van der Waals surface area (Å²) in [4.78, 5) is 11.5. The minimum Gasteiger partial charge on any atom is -0.330 e. The van der Waals surface area contributed by atoms with Gasteiger partial charge in [-0.05, 0) is 206 Å². The average Bonchev–Trinajstić information content (AvgIpc) is 1.58. The van der Waals surface area contributed by atoms with Gasteiger partial charge in [-0.25, -0.2) is 9.97 Å². The minimum atomic E-state index is -0.201. The zero-order chi connectivity index (χ0) is 72.8. The summed E-state index contributed by atoms with van der Waals surface area (Å²) in [6.07, 6.45) is 25.2. The molecule has 0 saturated carbocycles. The smallest absolute Gasteiger partial charge is 0.160 e. The minimum absolute atomic E-state index is 0.00367. The highest BCUT2D eigenvalue weighted by Crippen LogP contribution is 2.55. The van der Waals surface area contributed by atoms with E-state index in [2.05, 4.69) is 371 Å². The van der Waals surface area contributed by atoms with Gasteiger partial charge in [0.1, 0.15) is 0 Å². The molecule has 4 aromatic heterocycles. The average molecular weight is 1400 g/mol. The van der Waals surface area contributed by atoms with Crippen LogP contribution in [0.25, 0.3) is 161 Å². The van der Waals surface area contributed by atoms with Crippen LogP contribution in [0.3, 0.4) is 0 Å². The van der Waals surface area contributed by atoms with Crippen molar-refractivity contribution in [1.29, 1.82) is 0 Å². The number of para-hydroxylation sites is 3. The fraction of sp³-hybridized carbons (Fsp3) is 0.135. The lowest BCUT2D eigenvalue weighted by Gasteiger charge is -2.25. The molecule has 0 N–H and O–H groups in total. The van der Waals surface area contributed by atoms with Crippen molar-refractivity contribution in [2.45, 2.75) is 89.5 Å². The summed E-state index contributed by atoms with van der Waals surface area (Å²) in [5.74, 6) is 0.647. The molecule has 16 aromatic rings. The van der Waals surface area contributed by atoms with E-state index in [0.29, 0.717) is 5.82 Å². The first-order chi connectivity index (χ1) is 53.3. The molecule has 5 heteroatoms. The van der Waals surface area contributed by atoms with Crippen molar-refractivity contribution in [3.63, 3.8) is 0 Å². The van der Waals surface area contributed by atoms with Gasteiger partial charge in [-0.2, -0.15) is 0 Å². The van der Waals surface area contributed by atoms with Crippen molar-refractivity contribution in [2.24, 2.45) is 0 Å². The van der Waals surface area contributed by atoms with Gasteiger partial charge in [0.2, 0.25) is 0 Å². The van der Waals surface area contributed by atoms with E-state index in [1.807, 2.05) is 0 Å². The summed E-state index contributed by atoms with van der Waals surface area (Å²) < 4.78 is 7.44. The van der Waals surface area contributed by atoms with Crippen LogP contribution >= 0.6 is 0 Å². The molecular formula is C104H79N5. The Hall–Kier alpha value is -12.7. The SMILES string of the molecule is CC1(C)C2=C(C=CCC2)c2cc(-c3cccc4c3c3ccccc3n4-c3cccc(-c4cc(-c5cccc(-n6c7ccccc7c7c(-c8ccc9c(c8)-c8ccccc8C9(C)C)cccc76)c5)nc(C5=CC(n6c7ccccc7c7c(-c8ccc9c(c8)C8=C(CCC=C8)C9(C)C)cccc76)C=CC=C5)n4)c3)ccc21. The van der Waals surface area contributed by atoms with E-state index in [-0.39, 0.29) is 22.3 Å². The van der Waals surface area contributed by atoms with E-state index in [9.17, 15) is 0 Å². The third-order valence-electron chi connectivity index (χ3n) is 25.6. The number of allylic oxidation sites excluding steroid dienone is 14. The van der Waals surface area contributed by atoms with Crippen molar-refractivity contribution in [1.82, 2.24) is 23.7 Å². The molecule has 0 aliphatic heterocycles. The molecule has 1 unspecified atom stereocenters. The topological polar surface area (TPSA) is 40.6 Å². The molecule has 22 rings (SSSR count). The molecule has 4 heterocycles. The molecule has 5 nitrogen and oxygen atoms in total. The molecule has 6 aliphatic rings. The number of benzene rings is 12. The first-order valence-corrected chi connectivity index (χ1v) is 38.9. The van der Waals surface area contributed by atoms with Crippen LogP contribution in [0.4, 0.5) is 0 Å². The van der Waals surface area contributed by atoms with Gasteiger partial charge in [0.25, 0.3) is 0 Å². The highest BCUT2D eigenvalue weighted by atomic mass is 15.0. The van der Waals surface area contributed by atoms with Gasteiger partial charge in [-0.15, -0.1) is 0 Å². The zero-order valence-electron chi connectivity index (χ0n) is 62.2. The third-order valence-corrected chi connectivity index (χ3v) is 25.6. The predicted octanol–water partition coefficient (Wildman–Crippen LogP) is 27.0. The Morgan fingerprint density at radius 3 is 1.31 bits per heavy atom. The van der Waals surface area contributed by atoms with E-state index in [0.717, 1.165) is 87.2 Å². The molecule has 12 aromatic carbocycles. The third kappa shape index (κ3) is 9.39. The van der Waals surface area contributed by atoms with Crippen molar-refractivity contribution < 1.29 is 0 Å². The predicted molar refractivity (Wildman–Crippen MR) is 457 cm³/mol. The van der Waals surface area contributed by atoms with Gasteiger partial charge < -0.3 is 13.7 Å². The zero-order valence-corrected chi connectivity index (χ0v) is 62.2. The first kappa shape index (κ1) is 63.6. The van der Waals surface area contributed by atoms with Crippen LogP contribution in [0.1, 0.15) is 112 Å². The van der Waals surface area contributed by atoms with Crippen molar-refractivity contribution >= 4 is 82.1 Å². The first-order valence-electron chi connectivity index (χ1n) is 38.9. The summed E-state index contributed by atoms with van der Waals surface area (Å²) in [5, 5.41) is 7.39. The Morgan fingerprint density at radius 1 is 0.330 bits per heavy atom. The molecule has 0 radical (unpaired) electrons.